The van der Waals surface area contributed by atoms with E-state index in [-0.39, 0.29) is 5.78 Å². The van der Waals surface area contributed by atoms with Gasteiger partial charge in [-0.15, -0.1) is 0 Å². The Bertz CT molecular complexity index is 996. The topological polar surface area (TPSA) is 26.3 Å². The summed E-state index contributed by atoms with van der Waals surface area (Å²) in [6.45, 7) is 4.24. The molecule has 1 aliphatic heterocycles. The van der Waals surface area contributed by atoms with Crippen LogP contribution in [0.25, 0.3) is 11.1 Å². The molecular weight excluding hydrogens is 320 g/mol. The standard InChI is InChI=1S/C24H20O2/c1-16-8-13-23-21(14-16)22(15-26-23)24(19-6-4-3-5-7-19)20-11-9-18(10-12-20)17(2)25/h3-14H,15H2,1-2H3/b24-22+. The van der Waals surface area contributed by atoms with Crippen LogP contribution in [0, 0.1) is 6.92 Å². The van der Waals surface area contributed by atoms with Crippen molar-refractivity contribution in [1.29, 1.82) is 0 Å². The first kappa shape index (κ1) is 16.3. The lowest BCUT2D eigenvalue weighted by atomic mass is 9.89. The van der Waals surface area contributed by atoms with Crippen molar-refractivity contribution in [2.24, 2.45) is 0 Å². The highest BCUT2D eigenvalue weighted by atomic mass is 16.5. The number of Topliss-reactive ketones (excluding diaryl/α,β-unsaturated/α-hetero) is 1. The molecule has 0 saturated carbocycles. The Morgan fingerprint density at radius 3 is 2.19 bits per heavy atom. The molecule has 4 rings (SSSR count). The van der Waals surface area contributed by atoms with Gasteiger partial charge >= 0.3 is 0 Å². The summed E-state index contributed by atoms with van der Waals surface area (Å²) >= 11 is 0. The van der Waals surface area contributed by atoms with Crippen LogP contribution < -0.4 is 4.74 Å². The molecule has 0 fully saturated rings. The van der Waals surface area contributed by atoms with Gasteiger partial charge in [-0.05, 0) is 42.7 Å². The maximum absolute atomic E-state index is 11.6. The molecule has 128 valence electrons. The van der Waals surface area contributed by atoms with Crippen LogP contribution in [0.5, 0.6) is 5.75 Å². The normalized spacial score (nSPS) is 14.5. The molecule has 1 aliphatic rings. The molecule has 2 heteroatoms. The Labute approximate surface area is 153 Å². The summed E-state index contributed by atoms with van der Waals surface area (Å²) in [6, 6.07) is 24.5. The monoisotopic (exact) mass is 340 g/mol. The summed E-state index contributed by atoms with van der Waals surface area (Å²) in [6.07, 6.45) is 0. The van der Waals surface area contributed by atoms with Gasteiger partial charge in [0.25, 0.3) is 0 Å². The number of fused-ring (bicyclic) bond motifs is 1. The molecule has 0 saturated heterocycles. The molecule has 3 aromatic carbocycles. The molecule has 1 heterocycles. The predicted molar refractivity (Wildman–Crippen MR) is 105 cm³/mol. The van der Waals surface area contributed by atoms with Crippen LogP contribution in [0.4, 0.5) is 0 Å². The molecule has 0 N–H and O–H groups in total. The van der Waals surface area contributed by atoms with Gasteiger partial charge in [0, 0.05) is 16.7 Å². The third kappa shape index (κ3) is 2.95. The Hall–Kier alpha value is -3.13. The van der Waals surface area contributed by atoms with Crippen LogP contribution >= 0.6 is 0 Å². The molecule has 0 amide bonds. The average Bonchev–Trinajstić information content (AvgIpc) is 3.06. The third-order valence-corrected chi connectivity index (χ3v) is 4.78. The van der Waals surface area contributed by atoms with Gasteiger partial charge in [-0.3, -0.25) is 4.79 Å². The first-order valence-corrected chi connectivity index (χ1v) is 8.77. The average molecular weight is 340 g/mol. The number of carbonyl (C=O) groups is 1. The summed E-state index contributed by atoms with van der Waals surface area (Å²) in [7, 11) is 0. The molecule has 26 heavy (non-hydrogen) atoms. The zero-order valence-electron chi connectivity index (χ0n) is 15.0. The third-order valence-electron chi connectivity index (χ3n) is 4.78. The molecule has 0 bridgehead atoms. The summed E-state index contributed by atoms with van der Waals surface area (Å²) in [5, 5.41) is 0. The van der Waals surface area contributed by atoms with E-state index in [2.05, 4.69) is 31.2 Å². The highest BCUT2D eigenvalue weighted by Crippen LogP contribution is 2.41. The number of benzene rings is 3. The zero-order valence-corrected chi connectivity index (χ0v) is 15.0. The minimum atomic E-state index is 0.0793. The van der Waals surface area contributed by atoms with E-state index in [4.69, 9.17) is 4.74 Å². The van der Waals surface area contributed by atoms with Crippen LogP contribution in [-0.2, 0) is 0 Å². The van der Waals surface area contributed by atoms with Gasteiger partial charge in [0.05, 0.1) is 0 Å². The van der Waals surface area contributed by atoms with Crippen LogP contribution in [0.15, 0.2) is 72.8 Å². The summed E-state index contributed by atoms with van der Waals surface area (Å²) < 4.78 is 5.94. The molecule has 0 spiro atoms. The molecule has 0 aromatic heterocycles. The van der Waals surface area contributed by atoms with Crippen molar-refractivity contribution in [3.63, 3.8) is 0 Å². The second kappa shape index (κ2) is 6.64. The van der Waals surface area contributed by atoms with Gasteiger partial charge in [0.15, 0.2) is 5.78 Å². The second-order valence-corrected chi connectivity index (χ2v) is 6.64. The zero-order chi connectivity index (χ0) is 18.1. The largest absolute Gasteiger partial charge is 0.488 e. The quantitative estimate of drug-likeness (QED) is 0.584. The Kier molecular flexibility index (Phi) is 4.18. The van der Waals surface area contributed by atoms with Crippen molar-refractivity contribution in [1.82, 2.24) is 0 Å². The van der Waals surface area contributed by atoms with Gasteiger partial charge in [-0.1, -0.05) is 66.2 Å². The number of aryl methyl sites for hydroxylation is 1. The smallest absolute Gasteiger partial charge is 0.159 e. The van der Waals surface area contributed by atoms with Crippen LogP contribution in [-0.4, -0.2) is 12.4 Å². The minimum absolute atomic E-state index is 0.0793. The fourth-order valence-corrected chi connectivity index (χ4v) is 3.43. The van der Waals surface area contributed by atoms with E-state index in [9.17, 15) is 4.79 Å². The van der Waals surface area contributed by atoms with Crippen molar-refractivity contribution >= 4 is 16.9 Å². The molecule has 2 nitrogen and oxygen atoms in total. The number of hydrogen-bond acceptors (Lipinski definition) is 2. The summed E-state index contributed by atoms with van der Waals surface area (Å²) in [4.78, 5) is 11.6. The predicted octanol–water partition coefficient (Wildman–Crippen LogP) is 5.55. The van der Waals surface area contributed by atoms with Crippen molar-refractivity contribution in [2.75, 3.05) is 6.61 Å². The van der Waals surface area contributed by atoms with Gasteiger partial charge < -0.3 is 4.74 Å². The van der Waals surface area contributed by atoms with E-state index in [1.54, 1.807) is 6.92 Å². The van der Waals surface area contributed by atoms with Gasteiger partial charge in [0.2, 0.25) is 0 Å². The molecule has 0 unspecified atom stereocenters. The lowest BCUT2D eigenvalue weighted by molar-refractivity contribution is 0.101. The van der Waals surface area contributed by atoms with Gasteiger partial charge in [-0.2, -0.15) is 0 Å². The van der Waals surface area contributed by atoms with E-state index in [0.29, 0.717) is 6.61 Å². The van der Waals surface area contributed by atoms with Crippen molar-refractivity contribution in [3.05, 3.63) is 101 Å². The Balaban J connectivity index is 1.94. The van der Waals surface area contributed by atoms with E-state index in [1.165, 1.54) is 11.1 Å². The summed E-state index contributed by atoms with van der Waals surface area (Å²) in [5.74, 6) is 1.01. The van der Waals surface area contributed by atoms with Crippen LogP contribution in [0.1, 0.15) is 39.5 Å². The van der Waals surface area contributed by atoms with Crippen LogP contribution in [0.3, 0.4) is 0 Å². The molecular formula is C24H20O2. The Morgan fingerprint density at radius 1 is 0.846 bits per heavy atom. The number of rotatable bonds is 3. The lowest BCUT2D eigenvalue weighted by Gasteiger charge is -2.13. The minimum Gasteiger partial charge on any atom is -0.488 e. The van der Waals surface area contributed by atoms with E-state index in [0.717, 1.165) is 33.6 Å². The number of ether oxygens (including phenoxy) is 1. The van der Waals surface area contributed by atoms with Gasteiger partial charge in [0.1, 0.15) is 12.4 Å². The fraction of sp³-hybridized carbons (Fsp3) is 0.125. The number of hydrogen-bond donors (Lipinski definition) is 0. The maximum atomic E-state index is 11.6. The van der Waals surface area contributed by atoms with Crippen molar-refractivity contribution in [3.8, 4) is 5.75 Å². The number of carbonyl (C=O) groups excluding carboxylic acids is 1. The van der Waals surface area contributed by atoms with Gasteiger partial charge in [-0.25, -0.2) is 0 Å². The highest BCUT2D eigenvalue weighted by molar-refractivity contribution is 6.02. The second-order valence-electron chi connectivity index (χ2n) is 6.64. The van der Waals surface area contributed by atoms with Crippen LogP contribution in [0.2, 0.25) is 0 Å². The first-order chi connectivity index (χ1) is 12.6. The number of ketones is 1. The first-order valence-electron chi connectivity index (χ1n) is 8.77. The Morgan fingerprint density at radius 2 is 1.50 bits per heavy atom. The molecule has 0 aliphatic carbocycles. The molecule has 0 radical (unpaired) electrons. The van der Waals surface area contributed by atoms with E-state index >= 15 is 0 Å². The summed E-state index contributed by atoms with van der Waals surface area (Å²) in [5.41, 5.74) is 7.68. The van der Waals surface area contributed by atoms with Crippen molar-refractivity contribution < 1.29 is 9.53 Å². The molecule has 3 aromatic rings. The SMILES string of the molecule is CC(=O)c1ccc(/C(=C2\COc3ccc(C)cc32)c2ccccc2)cc1. The highest BCUT2D eigenvalue weighted by Gasteiger charge is 2.23. The van der Waals surface area contributed by atoms with Crippen molar-refractivity contribution in [2.45, 2.75) is 13.8 Å². The maximum Gasteiger partial charge on any atom is 0.159 e. The fourth-order valence-electron chi connectivity index (χ4n) is 3.43. The van der Waals surface area contributed by atoms with E-state index in [1.807, 2.05) is 48.5 Å². The molecule has 0 atom stereocenters. The lowest BCUT2D eigenvalue weighted by Crippen LogP contribution is -1.98. The van der Waals surface area contributed by atoms with E-state index < -0.39 is 0 Å².